The first-order valence-electron chi connectivity index (χ1n) is 8.47. The third-order valence-corrected chi connectivity index (χ3v) is 5.49. The number of thioether (sulfide) groups is 1. The normalized spacial score (nSPS) is 15.3. The van der Waals surface area contributed by atoms with E-state index in [1.54, 1.807) is 23.9 Å². The van der Waals surface area contributed by atoms with Crippen LogP contribution in [-0.4, -0.2) is 24.2 Å². The molecule has 1 N–H and O–H groups in total. The van der Waals surface area contributed by atoms with Gasteiger partial charge in [0.15, 0.2) is 0 Å². The molecule has 0 bridgehead atoms. The number of hydrogen-bond acceptors (Lipinski definition) is 4. The molecular weight excluding hydrogens is 359 g/mol. The van der Waals surface area contributed by atoms with Crippen molar-refractivity contribution in [3.63, 3.8) is 0 Å². The molecule has 6 heteroatoms. The zero-order valence-corrected chi connectivity index (χ0v) is 15.8. The third-order valence-electron chi connectivity index (χ3n) is 4.26. The van der Waals surface area contributed by atoms with E-state index in [1.807, 2.05) is 19.1 Å². The highest BCUT2D eigenvalue weighted by atomic mass is 35.5. The number of nitrogens with zero attached hydrogens (tertiary/aromatic N) is 1. The number of aromatic nitrogens is 1. The average Bonchev–Trinajstić information content (AvgIpc) is 2.60. The van der Waals surface area contributed by atoms with Crippen LogP contribution >= 0.6 is 23.4 Å². The number of hydrogen-bond donors (Lipinski definition) is 1. The zero-order valence-electron chi connectivity index (χ0n) is 14.2. The van der Waals surface area contributed by atoms with Gasteiger partial charge >= 0.3 is 0 Å². The lowest BCUT2D eigenvalue weighted by molar-refractivity contribution is 0.155. The van der Waals surface area contributed by atoms with Crippen LogP contribution < -0.4 is 10.1 Å². The van der Waals surface area contributed by atoms with Crippen molar-refractivity contribution in [2.45, 2.75) is 37.4 Å². The standard InChI is InChI=1S/C19H22ClFN2OS/c1-13-2-5-19(24-16-6-8-22-9-7-16)23-18(13)12-25-11-14-3-4-15(20)10-17(14)21/h2-5,10,16,22H,6-9,11-12H2,1H3. The van der Waals surface area contributed by atoms with Crippen molar-refractivity contribution in [1.29, 1.82) is 0 Å². The van der Waals surface area contributed by atoms with E-state index in [4.69, 9.17) is 16.3 Å². The second kappa shape index (κ2) is 8.88. The number of benzene rings is 1. The van der Waals surface area contributed by atoms with E-state index in [-0.39, 0.29) is 11.9 Å². The Morgan fingerprint density at radius 3 is 2.80 bits per heavy atom. The Bertz CT molecular complexity index is 723. The molecule has 1 fully saturated rings. The van der Waals surface area contributed by atoms with Gasteiger partial charge in [-0.2, -0.15) is 11.8 Å². The Balaban J connectivity index is 1.58. The highest BCUT2D eigenvalue weighted by Gasteiger charge is 2.15. The van der Waals surface area contributed by atoms with Crippen molar-refractivity contribution in [2.75, 3.05) is 13.1 Å². The minimum Gasteiger partial charge on any atom is -0.474 e. The number of nitrogens with one attached hydrogen (secondary N) is 1. The van der Waals surface area contributed by atoms with Gasteiger partial charge in [-0.25, -0.2) is 9.37 Å². The molecule has 3 nitrogen and oxygen atoms in total. The van der Waals surface area contributed by atoms with E-state index < -0.39 is 0 Å². The number of piperidine rings is 1. The molecule has 1 aliphatic rings. The summed E-state index contributed by atoms with van der Waals surface area (Å²) >= 11 is 7.43. The van der Waals surface area contributed by atoms with Crippen LogP contribution in [0.15, 0.2) is 30.3 Å². The number of aryl methyl sites for hydroxylation is 1. The zero-order chi connectivity index (χ0) is 17.6. The molecule has 25 heavy (non-hydrogen) atoms. The summed E-state index contributed by atoms with van der Waals surface area (Å²) in [6, 6.07) is 8.79. The fraction of sp³-hybridized carbons (Fsp3) is 0.421. The van der Waals surface area contributed by atoms with Gasteiger partial charge in [0.1, 0.15) is 11.9 Å². The van der Waals surface area contributed by atoms with E-state index in [0.717, 1.165) is 42.9 Å². The summed E-state index contributed by atoms with van der Waals surface area (Å²) in [4.78, 5) is 4.66. The van der Waals surface area contributed by atoms with E-state index in [9.17, 15) is 4.39 Å². The minimum absolute atomic E-state index is 0.236. The number of ether oxygens (including phenoxy) is 1. The predicted octanol–water partition coefficient (Wildman–Crippen LogP) is 4.75. The van der Waals surface area contributed by atoms with Crippen LogP contribution in [0.5, 0.6) is 5.88 Å². The van der Waals surface area contributed by atoms with Crippen LogP contribution in [0.4, 0.5) is 4.39 Å². The maximum absolute atomic E-state index is 13.8. The van der Waals surface area contributed by atoms with Crippen LogP contribution in [0.3, 0.4) is 0 Å². The fourth-order valence-electron chi connectivity index (χ4n) is 2.74. The smallest absolute Gasteiger partial charge is 0.213 e. The van der Waals surface area contributed by atoms with Gasteiger partial charge in [0.25, 0.3) is 0 Å². The van der Waals surface area contributed by atoms with Crippen LogP contribution in [0.25, 0.3) is 0 Å². The topological polar surface area (TPSA) is 34.1 Å². The first kappa shape index (κ1) is 18.5. The molecule has 1 saturated heterocycles. The molecule has 0 amide bonds. The van der Waals surface area contributed by atoms with Crippen LogP contribution in [-0.2, 0) is 11.5 Å². The maximum Gasteiger partial charge on any atom is 0.213 e. The summed E-state index contributed by atoms with van der Waals surface area (Å²) in [7, 11) is 0. The molecule has 0 radical (unpaired) electrons. The van der Waals surface area contributed by atoms with Crippen LogP contribution in [0, 0.1) is 12.7 Å². The molecule has 2 aromatic rings. The second-order valence-corrected chi connectivity index (χ2v) is 7.63. The monoisotopic (exact) mass is 380 g/mol. The van der Waals surface area contributed by atoms with Gasteiger partial charge < -0.3 is 10.1 Å². The Morgan fingerprint density at radius 1 is 1.24 bits per heavy atom. The average molecular weight is 381 g/mol. The molecule has 0 aliphatic carbocycles. The van der Waals surface area contributed by atoms with Gasteiger partial charge in [-0.3, -0.25) is 0 Å². The van der Waals surface area contributed by atoms with E-state index in [1.165, 1.54) is 6.07 Å². The third kappa shape index (κ3) is 5.33. The number of pyridine rings is 1. The van der Waals surface area contributed by atoms with E-state index in [0.29, 0.717) is 22.2 Å². The molecule has 1 aromatic carbocycles. The van der Waals surface area contributed by atoms with Gasteiger partial charge in [0, 0.05) is 22.6 Å². The molecule has 0 saturated carbocycles. The molecule has 0 unspecified atom stereocenters. The number of halogens is 2. The van der Waals surface area contributed by atoms with E-state index >= 15 is 0 Å². The SMILES string of the molecule is Cc1ccc(OC2CCNCC2)nc1CSCc1ccc(Cl)cc1F. The molecule has 3 rings (SSSR count). The first-order chi connectivity index (χ1) is 12.1. The first-order valence-corrected chi connectivity index (χ1v) is 10.0. The quantitative estimate of drug-likeness (QED) is 0.784. The van der Waals surface area contributed by atoms with Gasteiger partial charge in [0.2, 0.25) is 5.88 Å². The highest BCUT2D eigenvalue weighted by Crippen LogP contribution is 2.24. The van der Waals surface area contributed by atoms with Crippen LogP contribution in [0.1, 0.15) is 29.7 Å². The van der Waals surface area contributed by atoms with Gasteiger partial charge in [-0.05, 0) is 56.1 Å². The summed E-state index contributed by atoms with van der Waals surface area (Å²) in [5, 5.41) is 3.75. The second-order valence-electron chi connectivity index (χ2n) is 6.21. The lowest BCUT2D eigenvalue weighted by Crippen LogP contribution is -2.34. The molecule has 2 heterocycles. The molecule has 1 aliphatic heterocycles. The molecule has 1 aromatic heterocycles. The minimum atomic E-state index is -0.257. The lowest BCUT2D eigenvalue weighted by Gasteiger charge is -2.23. The van der Waals surface area contributed by atoms with Gasteiger partial charge in [-0.1, -0.05) is 23.7 Å². The van der Waals surface area contributed by atoms with Gasteiger partial charge in [0.05, 0.1) is 5.69 Å². The maximum atomic E-state index is 13.8. The Kier molecular flexibility index (Phi) is 6.57. The van der Waals surface area contributed by atoms with Crippen molar-refractivity contribution in [3.8, 4) is 5.88 Å². The summed E-state index contributed by atoms with van der Waals surface area (Å²) in [5.41, 5.74) is 2.78. The van der Waals surface area contributed by atoms with Crippen molar-refractivity contribution in [3.05, 3.63) is 58.0 Å². The summed E-state index contributed by atoms with van der Waals surface area (Å²) in [5.74, 6) is 1.74. The summed E-state index contributed by atoms with van der Waals surface area (Å²) in [6.45, 7) is 4.03. The lowest BCUT2D eigenvalue weighted by atomic mass is 10.1. The number of rotatable bonds is 6. The fourth-order valence-corrected chi connectivity index (χ4v) is 3.94. The molecule has 0 atom stereocenters. The van der Waals surface area contributed by atoms with Crippen molar-refractivity contribution in [1.82, 2.24) is 10.3 Å². The van der Waals surface area contributed by atoms with Crippen molar-refractivity contribution < 1.29 is 9.13 Å². The van der Waals surface area contributed by atoms with E-state index in [2.05, 4.69) is 10.3 Å². The Hall–Kier alpha value is -1.30. The summed E-state index contributed by atoms with van der Waals surface area (Å²) in [6.07, 6.45) is 2.26. The predicted molar refractivity (Wildman–Crippen MR) is 102 cm³/mol. The Morgan fingerprint density at radius 2 is 2.04 bits per heavy atom. The van der Waals surface area contributed by atoms with Crippen molar-refractivity contribution >= 4 is 23.4 Å². The van der Waals surface area contributed by atoms with Crippen LogP contribution in [0.2, 0.25) is 5.02 Å². The molecule has 134 valence electrons. The van der Waals surface area contributed by atoms with Crippen molar-refractivity contribution in [2.24, 2.45) is 0 Å². The van der Waals surface area contributed by atoms with Gasteiger partial charge in [-0.15, -0.1) is 0 Å². The highest BCUT2D eigenvalue weighted by molar-refractivity contribution is 7.97. The molecule has 0 spiro atoms. The summed E-state index contributed by atoms with van der Waals surface area (Å²) < 4.78 is 19.9. The Labute approximate surface area is 157 Å². The largest absolute Gasteiger partial charge is 0.474 e. The molecular formula is C19H22ClFN2OS.